The van der Waals surface area contributed by atoms with Gasteiger partial charge in [-0.1, -0.05) is 12.1 Å². The van der Waals surface area contributed by atoms with E-state index in [0.717, 1.165) is 37.3 Å². The van der Waals surface area contributed by atoms with Crippen molar-refractivity contribution in [3.05, 3.63) is 35.4 Å². The van der Waals surface area contributed by atoms with Gasteiger partial charge in [0.25, 0.3) is 0 Å². The number of nitrogens with one attached hydrogen (secondary N) is 1. The monoisotopic (exact) mass is 244 g/mol. The van der Waals surface area contributed by atoms with Crippen molar-refractivity contribution in [2.75, 3.05) is 33.2 Å². The molecule has 18 heavy (non-hydrogen) atoms. The molecule has 1 aliphatic heterocycles. The molecule has 96 valence electrons. The number of piperazine rings is 1. The van der Waals surface area contributed by atoms with Crippen molar-refractivity contribution in [2.45, 2.75) is 13.0 Å². The minimum absolute atomic E-state index is 0.238. The highest BCUT2D eigenvalue weighted by atomic mass is 15.5. The Bertz CT molecular complexity index is 430. The maximum Gasteiger partial charge on any atom is 0.0991 e. The molecule has 0 radical (unpaired) electrons. The maximum absolute atomic E-state index is 8.91. The molecule has 0 saturated carbocycles. The molecule has 0 aliphatic carbocycles. The molecule has 4 heteroatoms. The SMILES string of the molecule is CC(NN1CCN(C)CC1)c1cccc(C#N)c1. The highest BCUT2D eigenvalue weighted by Gasteiger charge is 2.16. The smallest absolute Gasteiger partial charge is 0.0991 e. The van der Waals surface area contributed by atoms with Crippen LogP contribution in [0.4, 0.5) is 0 Å². The van der Waals surface area contributed by atoms with Crippen LogP contribution in [0.5, 0.6) is 0 Å². The van der Waals surface area contributed by atoms with Crippen molar-refractivity contribution in [2.24, 2.45) is 0 Å². The van der Waals surface area contributed by atoms with E-state index in [2.05, 4.69) is 41.4 Å². The van der Waals surface area contributed by atoms with Gasteiger partial charge in [0.05, 0.1) is 11.6 Å². The van der Waals surface area contributed by atoms with Crippen LogP contribution in [-0.4, -0.2) is 43.1 Å². The molecule has 0 aromatic heterocycles. The molecule has 1 aromatic carbocycles. The summed E-state index contributed by atoms with van der Waals surface area (Å²) >= 11 is 0. The molecule has 4 nitrogen and oxygen atoms in total. The molecule has 1 saturated heterocycles. The molecule has 1 aliphatic rings. The average Bonchev–Trinajstić information content (AvgIpc) is 2.41. The molecule has 1 heterocycles. The van der Waals surface area contributed by atoms with Crippen LogP contribution in [0.3, 0.4) is 0 Å². The predicted octanol–water partition coefficient (Wildman–Crippen LogP) is 1.37. The fraction of sp³-hybridized carbons (Fsp3) is 0.500. The zero-order valence-corrected chi connectivity index (χ0v) is 11.1. The molecule has 0 spiro atoms. The number of nitrogens with zero attached hydrogens (tertiary/aromatic N) is 3. The van der Waals surface area contributed by atoms with Gasteiger partial charge in [-0.3, -0.25) is 0 Å². The number of hydrogen-bond acceptors (Lipinski definition) is 4. The van der Waals surface area contributed by atoms with Crippen molar-refractivity contribution < 1.29 is 0 Å². The van der Waals surface area contributed by atoms with Gasteiger partial charge in [0.1, 0.15) is 0 Å². The van der Waals surface area contributed by atoms with Crippen molar-refractivity contribution in [1.29, 1.82) is 5.26 Å². The van der Waals surface area contributed by atoms with E-state index in [1.165, 1.54) is 0 Å². The minimum atomic E-state index is 0.238. The molecular formula is C14H20N4. The Morgan fingerprint density at radius 2 is 2.00 bits per heavy atom. The molecule has 0 bridgehead atoms. The lowest BCUT2D eigenvalue weighted by Crippen LogP contribution is -2.51. The largest absolute Gasteiger partial charge is 0.304 e. The highest BCUT2D eigenvalue weighted by Crippen LogP contribution is 2.14. The van der Waals surface area contributed by atoms with Crippen LogP contribution in [0, 0.1) is 11.3 Å². The fourth-order valence-electron chi connectivity index (χ4n) is 2.16. The fourth-order valence-corrected chi connectivity index (χ4v) is 2.16. The summed E-state index contributed by atoms with van der Waals surface area (Å²) in [5.41, 5.74) is 5.39. The van der Waals surface area contributed by atoms with Crippen LogP contribution in [0.2, 0.25) is 0 Å². The van der Waals surface area contributed by atoms with E-state index < -0.39 is 0 Å². The number of hydrazine groups is 1. The number of nitriles is 1. The van der Waals surface area contributed by atoms with Crippen LogP contribution >= 0.6 is 0 Å². The van der Waals surface area contributed by atoms with Gasteiger partial charge in [0.15, 0.2) is 0 Å². The first kappa shape index (κ1) is 13.0. The van der Waals surface area contributed by atoms with E-state index in [-0.39, 0.29) is 6.04 Å². The summed E-state index contributed by atoms with van der Waals surface area (Å²) in [6.07, 6.45) is 0. The molecule has 1 aromatic rings. The van der Waals surface area contributed by atoms with Gasteiger partial charge in [-0.05, 0) is 31.7 Å². The van der Waals surface area contributed by atoms with Gasteiger partial charge in [-0.15, -0.1) is 0 Å². The van der Waals surface area contributed by atoms with E-state index in [1.807, 2.05) is 18.2 Å². The van der Waals surface area contributed by atoms with Crippen LogP contribution in [0.25, 0.3) is 0 Å². The molecule has 1 unspecified atom stereocenters. The van der Waals surface area contributed by atoms with E-state index in [0.29, 0.717) is 0 Å². The molecule has 1 atom stereocenters. The van der Waals surface area contributed by atoms with E-state index >= 15 is 0 Å². The third-order valence-corrected chi connectivity index (χ3v) is 3.40. The van der Waals surface area contributed by atoms with Crippen molar-refractivity contribution in [3.8, 4) is 6.07 Å². The molecule has 1 fully saturated rings. The number of rotatable bonds is 3. The van der Waals surface area contributed by atoms with E-state index in [4.69, 9.17) is 5.26 Å². The topological polar surface area (TPSA) is 42.3 Å². The number of likely N-dealkylation sites (N-methyl/N-ethyl adjacent to an activating group) is 1. The van der Waals surface area contributed by atoms with Gasteiger partial charge >= 0.3 is 0 Å². The molecule has 1 N–H and O–H groups in total. The second-order valence-corrected chi connectivity index (χ2v) is 4.88. The zero-order valence-electron chi connectivity index (χ0n) is 11.1. The van der Waals surface area contributed by atoms with Crippen LogP contribution in [0.1, 0.15) is 24.1 Å². The number of benzene rings is 1. The zero-order chi connectivity index (χ0) is 13.0. The summed E-state index contributed by atoms with van der Waals surface area (Å²) < 4.78 is 0. The van der Waals surface area contributed by atoms with Crippen molar-refractivity contribution in [1.82, 2.24) is 15.3 Å². The molecule has 2 rings (SSSR count). The first-order valence-electron chi connectivity index (χ1n) is 6.39. The first-order valence-corrected chi connectivity index (χ1v) is 6.39. The second-order valence-electron chi connectivity index (χ2n) is 4.88. The molecule has 0 amide bonds. The van der Waals surface area contributed by atoms with Gasteiger partial charge in [-0.25, -0.2) is 10.4 Å². The lowest BCUT2D eigenvalue weighted by atomic mass is 10.1. The van der Waals surface area contributed by atoms with Crippen LogP contribution < -0.4 is 5.43 Å². The summed E-state index contributed by atoms with van der Waals surface area (Å²) in [7, 11) is 2.15. The highest BCUT2D eigenvalue weighted by molar-refractivity contribution is 5.33. The third kappa shape index (κ3) is 3.30. The summed E-state index contributed by atoms with van der Waals surface area (Å²) in [6, 6.07) is 10.2. The number of hydrogen-bond donors (Lipinski definition) is 1. The molecular weight excluding hydrogens is 224 g/mol. The van der Waals surface area contributed by atoms with Crippen molar-refractivity contribution >= 4 is 0 Å². The summed E-state index contributed by atoms with van der Waals surface area (Å²) in [4.78, 5) is 2.33. The standard InChI is InChI=1S/C14H20N4/c1-12(14-5-3-4-13(10-14)11-15)16-18-8-6-17(2)7-9-18/h3-5,10,12,16H,6-9H2,1-2H3. The minimum Gasteiger partial charge on any atom is -0.304 e. The summed E-state index contributed by atoms with van der Waals surface area (Å²) in [5, 5.41) is 11.2. The Hall–Kier alpha value is -1.41. The summed E-state index contributed by atoms with van der Waals surface area (Å²) in [5.74, 6) is 0. The van der Waals surface area contributed by atoms with Crippen LogP contribution in [0.15, 0.2) is 24.3 Å². The predicted molar refractivity (Wildman–Crippen MR) is 71.8 cm³/mol. The van der Waals surface area contributed by atoms with E-state index in [9.17, 15) is 0 Å². The first-order chi connectivity index (χ1) is 8.69. The Labute approximate surface area is 109 Å². The van der Waals surface area contributed by atoms with Crippen molar-refractivity contribution in [3.63, 3.8) is 0 Å². The second kappa shape index (κ2) is 5.96. The van der Waals surface area contributed by atoms with Gasteiger partial charge in [0, 0.05) is 32.2 Å². The van der Waals surface area contributed by atoms with Gasteiger partial charge in [0.2, 0.25) is 0 Å². The van der Waals surface area contributed by atoms with Gasteiger partial charge < -0.3 is 4.90 Å². The third-order valence-electron chi connectivity index (χ3n) is 3.40. The van der Waals surface area contributed by atoms with Crippen LogP contribution in [-0.2, 0) is 0 Å². The Kier molecular flexibility index (Phi) is 4.32. The van der Waals surface area contributed by atoms with Gasteiger partial charge in [-0.2, -0.15) is 5.26 Å². The maximum atomic E-state index is 8.91. The Morgan fingerprint density at radius 1 is 1.28 bits per heavy atom. The lowest BCUT2D eigenvalue weighted by molar-refractivity contribution is 0.0899. The normalized spacial score (nSPS) is 19.4. The summed E-state index contributed by atoms with van der Waals surface area (Å²) in [6.45, 7) is 6.41. The average molecular weight is 244 g/mol. The van der Waals surface area contributed by atoms with E-state index in [1.54, 1.807) is 0 Å². The lowest BCUT2D eigenvalue weighted by Gasteiger charge is -2.34. The quantitative estimate of drug-likeness (QED) is 0.872. The Morgan fingerprint density at radius 3 is 2.67 bits per heavy atom. The Balaban J connectivity index is 1.95.